The average Bonchev–Trinajstić information content (AvgIpc) is 2.94. The maximum atomic E-state index is 11.9. The highest BCUT2D eigenvalue weighted by molar-refractivity contribution is 5.77. The molecule has 112 valence electrons. The average molecular weight is 287 g/mol. The SMILES string of the molecule is CCn1cc(CNC(=O)CN(C)Cc2cccnc2)cn1. The third kappa shape index (κ3) is 5.00. The van der Waals surface area contributed by atoms with Crippen LogP contribution in [0.4, 0.5) is 0 Å². The second-order valence-electron chi connectivity index (χ2n) is 5.01. The molecular weight excluding hydrogens is 266 g/mol. The summed E-state index contributed by atoms with van der Waals surface area (Å²) >= 11 is 0. The topological polar surface area (TPSA) is 63.1 Å². The van der Waals surface area contributed by atoms with Crippen molar-refractivity contribution in [1.82, 2.24) is 25.0 Å². The van der Waals surface area contributed by atoms with Gasteiger partial charge < -0.3 is 5.32 Å². The molecule has 0 radical (unpaired) electrons. The molecule has 0 aliphatic heterocycles. The Kier molecular flexibility index (Phi) is 5.45. The summed E-state index contributed by atoms with van der Waals surface area (Å²) in [4.78, 5) is 17.9. The fraction of sp³-hybridized carbons (Fsp3) is 0.400. The van der Waals surface area contributed by atoms with Crippen LogP contribution in [0.1, 0.15) is 18.1 Å². The predicted octanol–water partition coefficient (Wildman–Crippen LogP) is 1.05. The lowest BCUT2D eigenvalue weighted by atomic mass is 10.2. The highest BCUT2D eigenvalue weighted by Crippen LogP contribution is 2.00. The molecule has 0 spiro atoms. The second-order valence-corrected chi connectivity index (χ2v) is 5.01. The smallest absolute Gasteiger partial charge is 0.234 e. The zero-order chi connectivity index (χ0) is 15.1. The molecule has 0 saturated carbocycles. The van der Waals surface area contributed by atoms with Crippen molar-refractivity contribution in [2.75, 3.05) is 13.6 Å². The van der Waals surface area contributed by atoms with E-state index in [1.54, 1.807) is 12.4 Å². The van der Waals surface area contributed by atoms with E-state index < -0.39 is 0 Å². The van der Waals surface area contributed by atoms with Gasteiger partial charge in [-0.1, -0.05) is 6.07 Å². The van der Waals surface area contributed by atoms with Crippen molar-refractivity contribution < 1.29 is 4.79 Å². The molecule has 2 aromatic heterocycles. The first-order chi connectivity index (χ1) is 10.2. The number of hydrogen-bond donors (Lipinski definition) is 1. The van der Waals surface area contributed by atoms with Crippen molar-refractivity contribution in [2.45, 2.75) is 26.6 Å². The van der Waals surface area contributed by atoms with E-state index in [0.717, 1.165) is 17.7 Å². The Morgan fingerprint density at radius 3 is 2.90 bits per heavy atom. The van der Waals surface area contributed by atoms with Gasteiger partial charge in [0.2, 0.25) is 5.91 Å². The van der Waals surface area contributed by atoms with Gasteiger partial charge in [-0.3, -0.25) is 19.4 Å². The lowest BCUT2D eigenvalue weighted by Crippen LogP contribution is -2.34. The van der Waals surface area contributed by atoms with Crippen molar-refractivity contribution in [1.29, 1.82) is 0 Å². The molecule has 0 aliphatic carbocycles. The van der Waals surface area contributed by atoms with Crippen LogP contribution in [0.2, 0.25) is 0 Å². The predicted molar refractivity (Wildman–Crippen MR) is 80.3 cm³/mol. The summed E-state index contributed by atoms with van der Waals surface area (Å²) in [6.07, 6.45) is 7.28. The quantitative estimate of drug-likeness (QED) is 0.826. The maximum Gasteiger partial charge on any atom is 0.234 e. The lowest BCUT2D eigenvalue weighted by molar-refractivity contribution is -0.122. The van der Waals surface area contributed by atoms with Crippen LogP contribution in [-0.2, 0) is 24.4 Å². The fourth-order valence-electron chi connectivity index (χ4n) is 2.03. The van der Waals surface area contributed by atoms with E-state index in [0.29, 0.717) is 19.6 Å². The van der Waals surface area contributed by atoms with Crippen LogP contribution in [0.15, 0.2) is 36.9 Å². The summed E-state index contributed by atoms with van der Waals surface area (Å²) < 4.78 is 1.84. The number of amides is 1. The Bertz CT molecular complexity index is 566. The molecule has 0 bridgehead atoms. The molecule has 0 fully saturated rings. The van der Waals surface area contributed by atoms with E-state index in [9.17, 15) is 4.79 Å². The fourth-order valence-corrected chi connectivity index (χ4v) is 2.03. The van der Waals surface area contributed by atoms with Gasteiger partial charge in [0.25, 0.3) is 0 Å². The van der Waals surface area contributed by atoms with Crippen molar-refractivity contribution in [3.63, 3.8) is 0 Å². The van der Waals surface area contributed by atoms with Crippen LogP contribution in [0.5, 0.6) is 0 Å². The Morgan fingerprint density at radius 1 is 1.38 bits per heavy atom. The minimum atomic E-state index is 0.00522. The molecule has 0 atom stereocenters. The van der Waals surface area contributed by atoms with Crippen LogP contribution in [0.3, 0.4) is 0 Å². The number of likely N-dealkylation sites (N-methyl/N-ethyl adjacent to an activating group) is 1. The van der Waals surface area contributed by atoms with Gasteiger partial charge in [0.1, 0.15) is 0 Å². The van der Waals surface area contributed by atoms with Crippen LogP contribution in [0.25, 0.3) is 0 Å². The Balaban J connectivity index is 1.73. The molecular formula is C15H21N5O. The Hall–Kier alpha value is -2.21. The number of nitrogens with zero attached hydrogens (tertiary/aromatic N) is 4. The summed E-state index contributed by atoms with van der Waals surface area (Å²) in [6, 6.07) is 3.90. The number of carbonyl (C=O) groups excluding carboxylic acids is 1. The summed E-state index contributed by atoms with van der Waals surface area (Å²) in [5, 5.41) is 7.08. The molecule has 1 N–H and O–H groups in total. The first kappa shape index (κ1) is 15.2. The molecule has 6 heteroatoms. The monoisotopic (exact) mass is 287 g/mol. The molecule has 6 nitrogen and oxygen atoms in total. The molecule has 0 unspecified atom stereocenters. The molecule has 2 aromatic rings. The maximum absolute atomic E-state index is 11.9. The number of pyridine rings is 1. The highest BCUT2D eigenvalue weighted by Gasteiger charge is 2.07. The van der Waals surface area contributed by atoms with E-state index in [2.05, 4.69) is 15.4 Å². The van der Waals surface area contributed by atoms with Crippen LogP contribution < -0.4 is 5.32 Å². The zero-order valence-corrected chi connectivity index (χ0v) is 12.5. The minimum absolute atomic E-state index is 0.00522. The molecule has 0 saturated heterocycles. The van der Waals surface area contributed by atoms with Crippen molar-refractivity contribution in [3.8, 4) is 0 Å². The molecule has 0 aliphatic rings. The van der Waals surface area contributed by atoms with E-state index in [-0.39, 0.29) is 5.91 Å². The molecule has 2 rings (SSSR count). The minimum Gasteiger partial charge on any atom is -0.351 e. The summed E-state index contributed by atoms with van der Waals surface area (Å²) in [6.45, 7) is 4.44. The lowest BCUT2D eigenvalue weighted by Gasteiger charge is -2.15. The van der Waals surface area contributed by atoms with Crippen LogP contribution >= 0.6 is 0 Å². The third-order valence-electron chi connectivity index (χ3n) is 3.09. The normalized spacial score (nSPS) is 10.8. The summed E-state index contributed by atoms with van der Waals surface area (Å²) in [5.41, 5.74) is 2.11. The van der Waals surface area contributed by atoms with Gasteiger partial charge >= 0.3 is 0 Å². The summed E-state index contributed by atoms with van der Waals surface area (Å²) in [7, 11) is 1.92. The van der Waals surface area contributed by atoms with E-state index in [1.807, 2.05) is 48.1 Å². The zero-order valence-electron chi connectivity index (χ0n) is 12.5. The second kappa shape index (κ2) is 7.54. The first-order valence-corrected chi connectivity index (χ1v) is 7.03. The van der Waals surface area contributed by atoms with E-state index in [4.69, 9.17) is 0 Å². The van der Waals surface area contributed by atoms with E-state index in [1.165, 1.54) is 0 Å². The van der Waals surface area contributed by atoms with Gasteiger partial charge in [-0.05, 0) is 25.6 Å². The van der Waals surface area contributed by atoms with Gasteiger partial charge in [-0.15, -0.1) is 0 Å². The van der Waals surface area contributed by atoms with Crippen molar-refractivity contribution in [2.24, 2.45) is 0 Å². The number of aryl methyl sites for hydroxylation is 1. The van der Waals surface area contributed by atoms with Gasteiger partial charge in [-0.2, -0.15) is 5.10 Å². The van der Waals surface area contributed by atoms with Gasteiger partial charge in [-0.25, -0.2) is 0 Å². The van der Waals surface area contributed by atoms with Crippen LogP contribution in [0, 0.1) is 0 Å². The standard InChI is InChI=1S/C15H21N5O/c1-3-20-11-14(9-18-20)8-17-15(21)12-19(2)10-13-5-4-6-16-7-13/h4-7,9,11H,3,8,10,12H2,1-2H3,(H,17,21). The van der Waals surface area contributed by atoms with Gasteiger partial charge in [0, 0.05) is 43.8 Å². The largest absolute Gasteiger partial charge is 0.351 e. The number of hydrogen-bond acceptors (Lipinski definition) is 4. The highest BCUT2D eigenvalue weighted by atomic mass is 16.2. The number of rotatable bonds is 7. The number of aromatic nitrogens is 3. The van der Waals surface area contributed by atoms with Crippen LogP contribution in [-0.4, -0.2) is 39.2 Å². The molecule has 0 aromatic carbocycles. The third-order valence-corrected chi connectivity index (χ3v) is 3.09. The Labute approximate surface area is 124 Å². The Morgan fingerprint density at radius 2 is 2.24 bits per heavy atom. The number of nitrogens with one attached hydrogen (secondary N) is 1. The number of carbonyl (C=O) groups is 1. The molecule has 21 heavy (non-hydrogen) atoms. The molecule has 1 amide bonds. The van der Waals surface area contributed by atoms with Crippen molar-refractivity contribution in [3.05, 3.63) is 48.0 Å². The van der Waals surface area contributed by atoms with E-state index >= 15 is 0 Å². The van der Waals surface area contributed by atoms with Gasteiger partial charge in [0.05, 0.1) is 12.7 Å². The molecule has 2 heterocycles. The summed E-state index contributed by atoms with van der Waals surface area (Å²) in [5.74, 6) is 0.00522. The first-order valence-electron chi connectivity index (χ1n) is 7.03. The van der Waals surface area contributed by atoms with Crippen molar-refractivity contribution >= 4 is 5.91 Å². The van der Waals surface area contributed by atoms with Gasteiger partial charge in [0.15, 0.2) is 0 Å².